The van der Waals surface area contributed by atoms with E-state index in [0.717, 1.165) is 0 Å². The Bertz CT molecular complexity index is 1090. The van der Waals surface area contributed by atoms with Gasteiger partial charge in [-0.15, -0.1) is 0 Å². The minimum atomic E-state index is -1.99. The Morgan fingerprint density at radius 2 is 1.39 bits per heavy atom. The summed E-state index contributed by atoms with van der Waals surface area (Å²) < 4.78 is 29.5. The van der Waals surface area contributed by atoms with Gasteiger partial charge in [0, 0.05) is 22.3 Å². The van der Waals surface area contributed by atoms with Crippen molar-refractivity contribution in [3.05, 3.63) is 107 Å². The Morgan fingerprint density at radius 3 is 2.04 bits per heavy atom. The molecular formula is C24H18F2O2. The number of aliphatic hydroxyl groups is 1. The molecule has 0 heterocycles. The number of hydrogen-bond donors (Lipinski definition) is 1. The highest BCUT2D eigenvalue weighted by Gasteiger charge is 2.53. The first-order chi connectivity index (χ1) is 13.5. The fourth-order valence-electron chi connectivity index (χ4n) is 3.97. The minimum Gasteiger partial charge on any atom is -0.379 e. The number of allylic oxidation sites excluding steroid dienone is 1. The summed E-state index contributed by atoms with van der Waals surface area (Å²) in [6.07, 6.45) is 0. The van der Waals surface area contributed by atoms with E-state index < -0.39 is 23.2 Å². The van der Waals surface area contributed by atoms with E-state index in [-0.39, 0.29) is 28.1 Å². The van der Waals surface area contributed by atoms with Crippen LogP contribution in [0, 0.1) is 17.6 Å². The van der Waals surface area contributed by atoms with Gasteiger partial charge in [0.15, 0.2) is 5.78 Å². The maximum atomic E-state index is 14.8. The van der Waals surface area contributed by atoms with Crippen molar-refractivity contribution < 1.29 is 18.7 Å². The largest absolute Gasteiger partial charge is 0.379 e. The molecule has 1 N–H and O–H groups in total. The Morgan fingerprint density at radius 1 is 0.821 bits per heavy atom. The van der Waals surface area contributed by atoms with Gasteiger partial charge in [-0.2, -0.15) is 0 Å². The Labute approximate surface area is 161 Å². The Hall–Kier alpha value is -3.11. The third-order valence-electron chi connectivity index (χ3n) is 5.39. The van der Waals surface area contributed by atoms with Gasteiger partial charge in [-0.05, 0) is 17.7 Å². The van der Waals surface area contributed by atoms with Crippen LogP contribution in [0.4, 0.5) is 8.78 Å². The van der Waals surface area contributed by atoms with E-state index in [1.807, 2.05) is 0 Å². The molecule has 0 spiro atoms. The summed E-state index contributed by atoms with van der Waals surface area (Å²) in [6, 6.07) is 20.5. The molecule has 0 fully saturated rings. The van der Waals surface area contributed by atoms with Gasteiger partial charge >= 0.3 is 0 Å². The molecule has 0 saturated carbocycles. The maximum absolute atomic E-state index is 14.8. The van der Waals surface area contributed by atoms with Gasteiger partial charge in [-0.3, -0.25) is 4.79 Å². The van der Waals surface area contributed by atoms with Crippen molar-refractivity contribution in [1.82, 2.24) is 0 Å². The topological polar surface area (TPSA) is 37.3 Å². The lowest BCUT2D eigenvalue weighted by Gasteiger charge is -2.31. The number of carbonyl (C=O) groups is 1. The molecule has 0 bridgehead atoms. The zero-order valence-corrected chi connectivity index (χ0v) is 15.2. The third kappa shape index (κ3) is 2.60. The quantitative estimate of drug-likeness (QED) is 0.700. The number of ketones is 1. The molecule has 0 aromatic heterocycles. The average molecular weight is 376 g/mol. The molecule has 0 radical (unpaired) electrons. The van der Waals surface area contributed by atoms with Crippen LogP contribution in [0.3, 0.4) is 0 Å². The summed E-state index contributed by atoms with van der Waals surface area (Å²) in [4.78, 5) is 13.2. The molecule has 28 heavy (non-hydrogen) atoms. The van der Waals surface area contributed by atoms with Crippen molar-refractivity contribution >= 4 is 16.9 Å². The first-order valence-corrected chi connectivity index (χ1v) is 9.03. The van der Waals surface area contributed by atoms with Gasteiger partial charge in [0.2, 0.25) is 0 Å². The second kappa shape index (κ2) is 6.80. The van der Waals surface area contributed by atoms with Crippen molar-refractivity contribution in [3.8, 4) is 0 Å². The van der Waals surface area contributed by atoms with Crippen LogP contribution in [-0.2, 0) is 10.4 Å². The molecular weight excluding hydrogens is 358 g/mol. The maximum Gasteiger partial charge on any atom is 0.170 e. The van der Waals surface area contributed by atoms with Crippen LogP contribution >= 0.6 is 0 Å². The van der Waals surface area contributed by atoms with Gasteiger partial charge < -0.3 is 5.11 Å². The molecule has 0 unspecified atom stereocenters. The highest BCUT2D eigenvalue weighted by atomic mass is 19.1. The number of halogens is 2. The van der Waals surface area contributed by atoms with Crippen molar-refractivity contribution in [1.29, 1.82) is 0 Å². The second-order valence-corrected chi connectivity index (χ2v) is 6.93. The molecule has 0 aliphatic heterocycles. The van der Waals surface area contributed by atoms with Crippen LogP contribution in [0.25, 0.3) is 11.1 Å². The number of rotatable bonds is 3. The lowest BCUT2D eigenvalue weighted by atomic mass is 9.77. The highest BCUT2D eigenvalue weighted by molar-refractivity contribution is 6.33. The molecule has 1 aliphatic carbocycles. The van der Waals surface area contributed by atoms with Gasteiger partial charge in [0.05, 0.1) is 5.92 Å². The van der Waals surface area contributed by atoms with Gasteiger partial charge in [0.1, 0.15) is 17.2 Å². The SMILES string of the molecule is C[C@@H]1C(=O)C(c2ccccc2)=C(c2ccccc2F)[C@@]1(O)c1ccccc1F. The van der Waals surface area contributed by atoms with Gasteiger partial charge in [-0.1, -0.05) is 73.7 Å². The number of Topliss-reactive ketones (excluding diaryl/α,β-unsaturated/α-hetero) is 1. The van der Waals surface area contributed by atoms with E-state index in [2.05, 4.69) is 0 Å². The highest BCUT2D eigenvalue weighted by Crippen LogP contribution is 2.53. The van der Waals surface area contributed by atoms with Crippen molar-refractivity contribution in [2.45, 2.75) is 12.5 Å². The van der Waals surface area contributed by atoms with E-state index in [0.29, 0.717) is 5.56 Å². The normalized spacial score (nSPS) is 22.0. The Balaban J connectivity index is 2.12. The fourth-order valence-corrected chi connectivity index (χ4v) is 3.97. The van der Waals surface area contributed by atoms with Crippen LogP contribution in [0.1, 0.15) is 23.6 Å². The van der Waals surface area contributed by atoms with E-state index in [1.165, 1.54) is 36.4 Å². The van der Waals surface area contributed by atoms with Crippen LogP contribution in [0.15, 0.2) is 78.9 Å². The zero-order chi connectivity index (χ0) is 19.9. The lowest BCUT2D eigenvalue weighted by Crippen LogP contribution is -2.35. The number of benzene rings is 3. The first-order valence-electron chi connectivity index (χ1n) is 9.03. The molecule has 140 valence electrons. The molecule has 0 saturated heterocycles. The van der Waals surface area contributed by atoms with Crippen LogP contribution in [0.2, 0.25) is 0 Å². The van der Waals surface area contributed by atoms with Gasteiger partial charge in [-0.25, -0.2) is 8.78 Å². The smallest absolute Gasteiger partial charge is 0.170 e. The molecule has 3 aromatic rings. The lowest BCUT2D eigenvalue weighted by molar-refractivity contribution is -0.121. The molecule has 3 aromatic carbocycles. The molecule has 4 heteroatoms. The summed E-state index contributed by atoms with van der Waals surface area (Å²) in [6.45, 7) is 1.55. The van der Waals surface area contributed by atoms with Crippen LogP contribution < -0.4 is 0 Å². The van der Waals surface area contributed by atoms with E-state index in [1.54, 1.807) is 49.4 Å². The third-order valence-corrected chi connectivity index (χ3v) is 5.39. The zero-order valence-electron chi connectivity index (χ0n) is 15.2. The first kappa shape index (κ1) is 18.3. The summed E-state index contributed by atoms with van der Waals surface area (Å²) >= 11 is 0. The van der Waals surface area contributed by atoms with Crippen LogP contribution in [0.5, 0.6) is 0 Å². The van der Waals surface area contributed by atoms with Crippen molar-refractivity contribution in [3.63, 3.8) is 0 Å². The predicted octanol–water partition coefficient (Wildman–Crippen LogP) is 4.98. The van der Waals surface area contributed by atoms with Crippen molar-refractivity contribution in [2.75, 3.05) is 0 Å². The van der Waals surface area contributed by atoms with E-state index >= 15 is 0 Å². The summed E-state index contributed by atoms with van der Waals surface area (Å²) in [5.41, 5.74) is -1.08. The summed E-state index contributed by atoms with van der Waals surface area (Å²) in [5.74, 6) is -2.56. The van der Waals surface area contributed by atoms with E-state index in [9.17, 15) is 18.7 Å². The predicted molar refractivity (Wildman–Crippen MR) is 104 cm³/mol. The molecule has 2 atom stereocenters. The number of hydrogen-bond acceptors (Lipinski definition) is 2. The minimum absolute atomic E-state index is 0.0416. The molecule has 4 rings (SSSR count). The second-order valence-electron chi connectivity index (χ2n) is 6.93. The van der Waals surface area contributed by atoms with Crippen LogP contribution in [-0.4, -0.2) is 10.9 Å². The summed E-state index contributed by atoms with van der Waals surface area (Å²) in [7, 11) is 0. The fraction of sp³-hybridized carbons (Fsp3) is 0.125. The molecule has 2 nitrogen and oxygen atoms in total. The molecule has 0 amide bonds. The molecule has 1 aliphatic rings. The average Bonchev–Trinajstić information content (AvgIpc) is 2.91. The van der Waals surface area contributed by atoms with E-state index in [4.69, 9.17) is 0 Å². The monoisotopic (exact) mass is 376 g/mol. The summed E-state index contributed by atoms with van der Waals surface area (Å²) in [5, 5.41) is 11.8. The van der Waals surface area contributed by atoms with Gasteiger partial charge in [0.25, 0.3) is 0 Å². The standard InChI is InChI=1S/C24H18F2O2/c1-15-23(27)21(16-9-3-2-4-10-16)22(17-11-5-7-13-19(17)25)24(15,28)18-12-6-8-14-20(18)26/h2-15,28H,1H3/t15-,24+/m1/s1. The number of carbonyl (C=O) groups excluding carboxylic acids is 1. The van der Waals surface area contributed by atoms with Crippen molar-refractivity contribution in [2.24, 2.45) is 5.92 Å². The Kier molecular flexibility index (Phi) is 4.44.